The van der Waals surface area contributed by atoms with Crippen molar-refractivity contribution in [3.63, 3.8) is 0 Å². The van der Waals surface area contributed by atoms with Crippen molar-refractivity contribution in [1.29, 1.82) is 10.5 Å². The number of hydrogen-bond acceptors (Lipinski definition) is 6. The number of hydrogen-bond donors (Lipinski definition) is 1. The van der Waals surface area contributed by atoms with E-state index in [1.54, 1.807) is 6.07 Å². The molecule has 0 aromatic heterocycles. The molecule has 0 saturated carbocycles. The number of fused-ring (bicyclic) bond motifs is 1. The molecule has 0 bridgehead atoms. The first-order chi connectivity index (χ1) is 11.8. The summed E-state index contributed by atoms with van der Waals surface area (Å²) < 4.78 is 44.1. The lowest BCUT2D eigenvalue weighted by molar-refractivity contribution is 0.0847. The number of nitriles is 2. The largest absolute Gasteiger partial charge is 0.456 e. The van der Waals surface area contributed by atoms with Gasteiger partial charge < -0.3 is 9.84 Å². The first-order valence-electron chi connectivity index (χ1n) is 6.91. The van der Waals surface area contributed by atoms with Gasteiger partial charge in [0, 0.05) is 18.7 Å². The summed E-state index contributed by atoms with van der Waals surface area (Å²) in [5.41, 5.74) is -0.253. The zero-order chi connectivity index (χ0) is 18.4. The van der Waals surface area contributed by atoms with E-state index in [1.165, 1.54) is 25.2 Å². The lowest BCUT2D eigenvalue weighted by atomic mass is 10.1. The molecule has 1 aliphatic heterocycles. The fourth-order valence-corrected chi connectivity index (χ4v) is 3.95. The normalized spacial score (nSPS) is 18.2. The molecule has 0 amide bonds. The van der Waals surface area contributed by atoms with E-state index in [0.29, 0.717) is 0 Å². The van der Waals surface area contributed by atoms with Gasteiger partial charge in [0.1, 0.15) is 35.2 Å². The maximum atomic E-state index is 13.5. The molecule has 9 heteroatoms. The molecular weight excluding hydrogens is 349 g/mol. The van der Waals surface area contributed by atoms with Gasteiger partial charge in [0.25, 0.3) is 0 Å². The van der Waals surface area contributed by atoms with E-state index in [-0.39, 0.29) is 33.1 Å². The number of benzene rings is 2. The number of nitrogens with zero attached hydrogens (tertiary/aromatic N) is 3. The Balaban J connectivity index is 2.14. The molecular formula is C16H10FN3O4S. The highest BCUT2D eigenvalue weighted by Gasteiger charge is 2.42. The van der Waals surface area contributed by atoms with Crippen molar-refractivity contribution in [2.24, 2.45) is 0 Å². The summed E-state index contributed by atoms with van der Waals surface area (Å²) in [5, 5.41) is 28.4. The highest BCUT2D eigenvalue weighted by Crippen LogP contribution is 2.42. The number of ether oxygens (including phenoxy) is 1. The lowest BCUT2D eigenvalue weighted by Gasteiger charge is -2.13. The van der Waals surface area contributed by atoms with Crippen molar-refractivity contribution in [2.75, 3.05) is 7.05 Å². The average molecular weight is 359 g/mol. The predicted molar refractivity (Wildman–Crippen MR) is 82.3 cm³/mol. The number of halogens is 1. The van der Waals surface area contributed by atoms with Gasteiger partial charge in [-0.2, -0.15) is 14.8 Å². The van der Waals surface area contributed by atoms with Crippen molar-refractivity contribution in [3.8, 4) is 23.6 Å². The molecule has 0 fully saturated rings. The van der Waals surface area contributed by atoms with E-state index in [9.17, 15) is 23.2 Å². The van der Waals surface area contributed by atoms with E-state index in [4.69, 9.17) is 10.00 Å². The van der Waals surface area contributed by atoms with Gasteiger partial charge in [0.2, 0.25) is 10.0 Å². The maximum absolute atomic E-state index is 13.5. The molecule has 2 aromatic carbocycles. The fraction of sp³-hybridized carbons (Fsp3) is 0.125. The zero-order valence-corrected chi connectivity index (χ0v) is 13.6. The molecule has 1 N–H and O–H groups in total. The Morgan fingerprint density at radius 1 is 1.24 bits per heavy atom. The van der Waals surface area contributed by atoms with E-state index < -0.39 is 22.1 Å². The standard InChI is InChI=1S/C16H10FN3O4S/c1-20-16(21)15-12(8-19)13(2-3-14(15)25(20,22)23)24-11-5-9(7-18)4-10(17)6-11/h2-6,16,21H,1H3. The first kappa shape index (κ1) is 16.9. The van der Waals surface area contributed by atoms with Gasteiger partial charge in [0.05, 0.1) is 16.5 Å². The molecule has 1 heterocycles. The highest BCUT2D eigenvalue weighted by molar-refractivity contribution is 7.89. The van der Waals surface area contributed by atoms with Gasteiger partial charge >= 0.3 is 0 Å². The number of aliphatic hydroxyl groups is 1. The molecule has 7 nitrogen and oxygen atoms in total. The van der Waals surface area contributed by atoms with Gasteiger partial charge in [-0.1, -0.05) is 0 Å². The fourth-order valence-electron chi connectivity index (χ4n) is 2.54. The van der Waals surface area contributed by atoms with Crippen LogP contribution in [-0.4, -0.2) is 24.9 Å². The van der Waals surface area contributed by atoms with E-state index in [0.717, 1.165) is 16.4 Å². The zero-order valence-electron chi connectivity index (χ0n) is 12.8. The van der Waals surface area contributed by atoms with Crippen molar-refractivity contribution < 1.29 is 22.7 Å². The van der Waals surface area contributed by atoms with Crippen LogP contribution in [0.3, 0.4) is 0 Å². The molecule has 3 rings (SSSR count). The molecule has 0 spiro atoms. The Bertz CT molecular complexity index is 1070. The third-order valence-corrected chi connectivity index (χ3v) is 5.64. The van der Waals surface area contributed by atoms with Gasteiger partial charge in [-0.05, 0) is 24.3 Å². The van der Waals surface area contributed by atoms with Gasteiger partial charge in [0.15, 0.2) is 0 Å². The minimum atomic E-state index is -3.90. The van der Waals surface area contributed by atoms with Crippen LogP contribution in [0.25, 0.3) is 0 Å². The Morgan fingerprint density at radius 2 is 1.96 bits per heavy atom. The Kier molecular flexibility index (Phi) is 3.93. The number of rotatable bonds is 2. The summed E-state index contributed by atoms with van der Waals surface area (Å²) in [6.07, 6.45) is -1.53. The van der Waals surface area contributed by atoms with Crippen LogP contribution in [0.15, 0.2) is 35.2 Å². The van der Waals surface area contributed by atoms with Crippen molar-refractivity contribution in [1.82, 2.24) is 4.31 Å². The highest BCUT2D eigenvalue weighted by atomic mass is 32.2. The first-order valence-corrected chi connectivity index (χ1v) is 8.35. The Labute approximate surface area is 142 Å². The predicted octanol–water partition coefficient (Wildman–Crippen LogP) is 1.99. The Hall–Kier alpha value is -2.98. The second-order valence-corrected chi connectivity index (χ2v) is 7.21. The van der Waals surface area contributed by atoms with Crippen LogP contribution in [0.5, 0.6) is 11.5 Å². The van der Waals surface area contributed by atoms with Crippen molar-refractivity contribution >= 4 is 10.0 Å². The molecule has 2 aromatic rings. The SMILES string of the molecule is CN1C(O)c2c(ccc(Oc3cc(F)cc(C#N)c3)c2C#N)S1(=O)=O. The van der Waals surface area contributed by atoms with Crippen LogP contribution in [0.1, 0.15) is 22.9 Å². The van der Waals surface area contributed by atoms with Gasteiger partial charge in [-0.15, -0.1) is 0 Å². The smallest absolute Gasteiger partial charge is 0.245 e. The number of sulfonamides is 1. The van der Waals surface area contributed by atoms with Gasteiger partial charge in [-0.3, -0.25) is 0 Å². The van der Waals surface area contributed by atoms with Crippen LogP contribution >= 0.6 is 0 Å². The second-order valence-electron chi connectivity index (χ2n) is 5.25. The summed E-state index contributed by atoms with van der Waals surface area (Å²) in [7, 11) is -2.71. The van der Waals surface area contributed by atoms with Gasteiger partial charge in [-0.25, -0.2) is 12.8 Å². The van der Waals surface area contributed by atoms with Crippen LogP contribution in [0, 0.1) is 28.5 Å². The van der Waals surface area contributed by atoms with Crippen LogP contribution in [0.4, 0.5) is 4.39 Å². The molecule has 25 heavy (non-hydrogen) atoms. The molecule has 1 atom stereocenters. The minimum Gasteiger partial charge on any atom is -0.456 e. The van der Waals surface area contributed by atoms with E-state index >= 15 is 0 Å². The lowest BCUT2D eigenvalue weighted by Crippen LogP contribution is -2.23. The Morgan fingerprint density at radius 3 is 2.60 bits per heavy atom. The van der Waals surface area contributed by atoms with Crippen LogP contribution < -0.4 is 4.74 Å². The maximum Gasteiger partial charge on any atom is 0.245 e. The minimum absolute atomic E-state index is 0.0250. The van der Waals surface area contributed by atoms with Crippen LogP contribution in [0.2, 0.25) is 0 Å². The third kappa shape index (κ3) is 2.61. The quantitative estimate of drug-likeness (QED) is 0.877. The van der Waals surface area contributed by atoms with Crippen molar-refractivity contribution in [3.05, 3.63) is 52.8 Å². The second kappa shape index (κ2) is 5.83. The molecule has 126 valence electrons. The molecule has 1 aliphatic rings. The molecule has 0 saturated heterocycles. The summed E-state index contributed by atoms with van der Waals surface area (Å²) in [6.45, 7) is 0. The van der Waals surface area contributed by atoms with E-state index in [1.807, 2.05) is 6.07 Å². The third-order valence-electron chi connectivity index (χ3n) is 3.77. The van der Waals surface area contributed by atoms with Crippen molar-refractivity contribution in [2.45, 2.75) is 11.1 Å². The number of aliphatic hydroxyl groups excluding tert-OH is 1. The van der Waals surface area contributed by atoms with E-state index in [2.05, 4.69) is 0 Å². The summed E-state index contributed by atoms with van der Waals surface area (Å²) in [4.78, 5) is -0.191. The summed E-state index contributed by atoms with van der Waals surface area (Å²) in [5.74, 6) is -0.784. The molecule has 0 aliphatic carbocycles. The average Bonchev–Trinajstić information content (AvgIpc) is 2.75. The molecule has 1 unspecified atom stereocenters. The van der Waals surface area contributed by atoms with Crippen LogP contribution in [-0.2, 0) is 10.0 Å². The summed E-state index contributed by atoms with van der Waals surface area (Å²) >= 11 is 0. The topological polar surface area (TPSA) is 114 Å². The molecule has 0 radical (unpaired) electrons. The summed E-state index contributed by atoms with van der Waals surface area (Å²) in [6, 6.07) is 9.36. The monoisotopic (exact) mass is 359 g/mol.